The van der Waals surface area contributed by atoms with Gasteiger partial charge in [0.1, 0.15) is 11.4 Å². The molecule has 0 spiro atoms. The molecule has 4 N–H and O–H groups in total. The minimum Gasteiger partial charge on any atom is -0.493 e. The predicted molar refractivity (Wildman–Crippen MR) is 134 cm³/mol. The third-order valence-electron chi connectivity index (χ3n) is 6.89. The number of H-pyrrole nitrogens is 1. The van der Waals surface area contributed by atoms with E-state index < -0.39 is 0 Å². The first-order valence-corrected chi connectivity index (χ1v) is 12.7. The lowest BCUT2D eigenvalue weighted by molar-refractivity contribution is 0.0902. The Labute approximate surface area is 198 Å². The maximum atomic E-state index is 12.9. The number of hydrogen-bond acceptors (Lipinski definition) is 5. The summed E-state index contributed by atoms with van der Waals surface area (Å²) in [5.41, 5.74) is 7.74. The topological polar surface area (TPSA) is 86.6 Å². The largest absolute Gasteiger partial charge is 0.493 e. The van der Waals surface area contributed by atoms with Crippen molar-refractivity contribution in [3.63, 3.8) is 0 Å². The number of carbonyl (C=O) groups excluding carboxylic acids is 1. The van der Waals surface area contributed by atoms with Gasteiger partial charge in [0.15, 0.2) is 0 Å². The number of carbonyl (C=O) groups is 1. The van der Waals surface area contributed by atoms with E-state index in [-0.39, 0.29) is 11.9 Å². The van der Waals surface area contributed by atoms with Gasteiger partial charge in [-0.15, -0.1) is 0 Å². The van der Waals surface area contributed by atoms with Crippen LogP contribution in [0.5, 0.6) is 5.75 Å². The van der Waals surface area contributed by atoms with E-state index in [2.05, 4.69) is 33.9 Å². The van der Waals surface area contributed by atoms with Gasteiger partial charge in [0.2, 0.25) is 0 Å². The van der Waals surface area contributed by atoms with Crippen molar-refractivity contribution in [2.45, 2.75) is 58.0 Å². The van der Waals surface area contributed by atoms with E-state index in [1.165, 1.54) is 19.4 Å². The monoisotopic (exact) mass is 455 g/mol. The van der Waals surface area contributed by atoms with Gasteiger partial charge in [-0.3, -0.25) is 4.79 Å². The molecule has 0 aliphatic carbocycles. The molecule has 1 atom stereocenters. The Balaban J connectivity index is 1.25. The molecule has 3 heterocycles. The number of aromatic nitrogens is 1. The van der Waals surface area contributed by atoms with E-state index in [1.54, 1.807) is 0 Å². The molecular formula is C26H41N5O2. The summed E-state index contributed by atoms with van der Waals surface area (Å²) >= 11 is 0. The first-order valence-electron chi connectivity index (χ1n) is 12.7. The van der Waals surface area contributed by atoms with Gasteiger partial charge in [-0.1, -0.05) is 26.3 Å². The third kappa shape index (κ3) is 6.71. The van der Waals surface area contributed by atoms with Gasteiger partial charge in [-0.05, 0) is 56.3 Å². The molecule has 7 nitrogen and oxygen atoms in total. The maximum absolute atomic E-state index is 12.9. The van der Waals surface area contributed by atoms with Crippen LogP contribution in [0.15, 0.2) is 24.3 Å². The first kappa shape index (κ1) is 24.0. The van der Waals surface area contributed by atoms with Gasteiger partial charge < -0.3 is 30.6 Å². The van der Waals surface area contributed by atoms with Gasteiger partial charge in [-0.25, -0.2) is 0 Å². The van der Waals surface area contributed by atoms with E-state index in [0.717, 1.165) is 68.6 Å². The molecule has 1 unspecified atom stereocenters. The summed E-state index contributed by atoms with van der Waals surface area (Å²) < 4.78 is 5.95. The zero-order chi connectivity index (χ0) is 23.2. The number of benzene rings is 1. The van der Waals surface area contributed by atoms with Crippen LogP contribution in [0.4, 0.5) is 0 Å². The van der Waals surface area contributed by atoms with Crippen LogP contribution < -0.4 is 15.8 Å². The SMILES string of the molecule is CC(C)COc1cccc2[nH]c(C(=O)NC3CCN(CCN4CCCCC(N)C4)CC3)cc12. The molecule has 2 aromatic rings. The number of piperidine rings is 1. The lowest BCUT2D eigenvalue weighted by atomic mass is 10.0. The van der Waals surface area contributed by atoms with Crippen LogP contribution in [0.1, 0.15) is 56.4 Å². The summed E-state index contributed by atoms with van der Waals surface area (Å²) in [7, 11) is 0. The Hall–Kier alpha value is -2.09. The zero-order valence-corrected chi connectivity index (χ0v) is 20.3. The molecule has 0 bridgehead atoms. The average Bonchev–Trinajstić information content (AvgIpc) is 3.14. The second-order valence-corrected chi connectivity index (χ2v) is 10.3. The summed E-state index contributed by atoms with van der Waals surface area (Å²) in [5, 5.41) is 4.21. The van der Waals surface area contributed by atoms with Gasteiger partial charge >= 0.3 is 0 Å². The van der Waals surface area contributed by atoms with Crippen LogP contribution >= 0.6 is 0 Å². The second kappa shape index (κ2) is 11.4. The van der Waals surface area contributed by atoms with Gasteiger partial charge in [0.05, 0.1) is 6.61 Å². The highest BCUT2D eigenvalue weighted by molar-refractivity contribution is 5.99. The highest BCUT2D eigenvalue weighted by atomic mass is 16.5. The van der Waals surface area contributed by atoms with Crippen molar-refractivity contribution in [1.29, 1.82) is 0 Å². The van der Waals surface area contributed by atoms with Crippen molar-refractivity contribution in [1.82, 2.24) is 20.1 Å². The second-order valence-electron chi connectivity index (χ2n) is 10.3. The predicted octanol–water partition coefficient (Wildman–Crippen LogP) is 3.21. The molecule has 1 aromatic carbocycles. The molecule has 1 aromatic heterocycles. The van der Waals surface area contributed by atoms with Gasteiger partial charge in [0.25, 0.3) is 5.91 Å². The van der Waals surface area contributed by atoms with Crippen LogP contribution in [0.3, 0.4) is 0 Å². The number of aromatic amines is 1. The molecule has 0 saturated carbocycles. The fourth-order valence-electron chi connectivity index (χ4n) is 4.94. The normalized spacial score (nSPS) is 21.4. The highest BCUT2D eigenvalue weighted by Crippen LogP contribution is 2.27. The van der Waals surface area contributed by atoms with Crippen molar-refractivity contribution < 1.29 is 9.53 Å². The van der Waals surface area contributed by atoms with Crippen molar-refractivity contribution in [3.8, 4) is 5.75 Å². The number of ether oxygens (including phenoxy) is 1. The molecule has 0 radical (unpaired) electrons. The zero-order valence-electron chi connectivity index (χ0n) is 20.3. The van der Waals surface area contributed by atoms with Crippen molar-refractivity contribution in [3.05, 3.63) is 30.0 Å². The number of fused-ring (bicyclic) bond motifs is 1. The number of nitrogens with two attached hydrogens (primary N) is 1. The molecule has 1 amide bonds. The molecule has 182 valence electrons. The highest BCUT2D eigenvalue weighted by Gasteiger charge is 2.23. The fraction of sp³-hybridized carbons (Fsp3) is 0.654. The van der Waals surface area contributed by atoms with E-state index in [4.69, 9.17) is 10.5 Å². The number of nitrogens with zero attached hydrogens (tertiary/aromatic N) is 2. The molecule has 7 heteroatoms. The van der Waals surface area contributed by atoms with Crippen LogP contribution in [0, 0.1) is 5.92 Å². The fourth-order valence-corrected chi connectivity index (χ4v) is 4.94. The van der Waals surface area contributed by atoms with Gasteiger partial charge in [0, 0.05) is 55.7 Å². The van der Waals surface area contributed by atoms with Crippen LogP contribution in [-0.2, 0) is 0 Å². The van der Waals surface area contributed by atoms with Crippen LogP contribution in [0.25, 0.3) is 10.9 Å². The first-order chi connectivity index (χ1) is 16.0. The summed E-state index contributed by atoms with van der Waals surface area (Å²) in [6.07, 6.45) is 5.67. The molecule has 33 heavy (non-hydrogen) atoms. The summed E-state index contributed by atoms with van der Waals surface area (Å²) in [6, 6.07) is 8.39. The molecular weight excluding hydrogens is 414 g/mol. The Morgan fingerprint density at radius 1 is 1.15 bits per heavy atom. The number of hydrogen-bond donors (Lipinski definition) is 3. The molecule has 4 rings (SSSR count). The van der Waals surface area contributed by atoms with E-state index in [1.807, 2.05) is 24.3 Å². The minimum atomic E-state index is -0.0296. The van der Waals surface area contributed by atoms with E-state index >= 15 is 0 Å². The molecule has 2 aliphatic heterocycles. The van der Waals surface area contributed by atoms with Crippen molar-refractivity contribution >= 4 is 16.8 Å². The Morgan fingerprint density at radius 3 is 2.73 bits per heavy atom. The van der Waals surface area contributed by atoms with Crippen molar-refractivity contribution in [2.75, 3.05) is 45.9 Å². The molecule has 2 saturated heterocycles. The quantitative estimate of drug-likeness (QED) is 0.569. The van der Waals surface area contributed by atoms with E-state index in [9.17, 15) is 4.79 Å². The summed E-state index contributed by atoms with van der Waals surface area (Å²) in [5.74, 6) is 1.25. The third-order valence-corrected chi connectivity index (χ3v) is 6.89. The number of rotatable bonds is 8. The molecule has 2 aliphatic rings. The minimum absolute atomic E-state index is 0.0296. The Morgan fingerprint density at radius 2 is 1.94 bits per heavy atom. The summed E-state index contributed by atoms with van der Waals surface area (Å²) in [4.78, 5) is 21.2. The lowest BCUT2D eigenvalue weighted by Crippen LogP contribution is -2.47. The lowest BCUT2D eigenvalue weighted by Gasteiger charge is -2.34. The number of nitrogens with one attached hydrogen (secondary N) is 2. The Bertz CT molecular complexity index is 903. The average molecular weight is 456 g/mol. The smallest absolute Gasteiger partial charge is 0.267 e. The van der Waals surface area contributed by atoms with Crippen LogP contribution in [-0.4, -0.2) is 78.7 Å². The van der Waals surface area contributed by atoms with Gasteiger partial charge in [-0.2, -0.15) is 0 Å². The number of amides is 1. The Kier molecular flexibility index (Phi) is 8.28. The standard InChI is InChI=1S/C26H41N5O2/c1-19(2)18-33-25-8-5-7-23-22(25)16-24(29-23)26(32)28-21-9-12-30(13-10-21)14-15-31-11-4-3-6-20(27)17-31/h5,7-8,16,19-21,29H,3-4,6,9-15,17-18,27H2,1-2H3,(H,28,32). The molecule has 2 fully saturated rings. The van der Waals surface area contributed by atoms with Crippen LogP contribution in [0.2, 0.25) is 0 Å². The number of likely N-dealkylation sites (tertiary alicyclic amines) is 2. The summed E-state index contributed by atoms with van der Waals surface area (Å²) in [6.45, 7) is 11.4. The van der Waals surface area contributed by atoms with Crippen molar-refractivity contribution in [2.24, 2.45) is 11.7 Å². The maximum Gasteiger partial charge on any atom is 0.267 e. The van der Waals surface area contributed by atoms with E-state index in [0.29, 0.717) is 24.3 Å².